The first-order chi connectivity index (χ1) is 12.1. The molecule has 0 saturated carbocycles. The van der Waals surface area contributed by atoms with Gasteiger partial charge in [-0.15, -0.1) is 0 Å². The smallest absolute Gasteiger partial charge is 0.213 e. The van der Waals surface area contributed by atoms with Crippen molar-refractivity contribution in [3.8, 4) is 17.0 Å². The molecule has 0 saturated heterocycles. The van der Waals surface area contributed by atoms with E-state index in [0.717, 1.165) is 0 Å². The van der Waals surface area contributed by atoms with Gasteiger partial charge in [0.1, 0.15) is 5.82 Å². The summed E-state index contributed by atoms with van der Waals surface area (Å²) in [6, 6.07) is 11.0. The molecule has 0 aliphatic carbocycles. The fourth-order valence-corrected chi connectivity index (χ4v) is 2.81. The molecule has 0 aliphatic heterocycles. The third-order valence-corrected chi connectivity index (χ3v) is 4.08. The van der Waals surface area contributed by atoms with Crippen molar-refractivity contribution in [2.45, 2.75) is 6.54 Å². The van der Waals surface area contributed by atoms with Crippen LogP contribution in [0.25, 0.3) is 22.0 Å². The van der Waals surface area contributed by atoms with Gasteiger partial charge in [0, 0.05) is 30.2 Å². The zero-order valence-corrected chi connectivity index (χ0v) is 13.0. The van der Waals surface area contributed by atoms with E-state index in [2.05, 4.69) is 9.97 Å². The van der Waals surface area contributed by atoms with Crippen LogP contribution in [0.4, 0.5) is 8.78 Å². The molecular weight excluding hydrogens is 324 g/mol. The molecule has 124 valence electrons. The molecule has 4 nitrogen and oxygen atoms in total. The third kappa shape index (κ3) is 2.82. The van der Waals surface area contributed by atoms with Gasteiger partial charge >= 0.3 is 0 Å². The molecular formula is C19H13F2N3O. The van der Waals surface area contributed by atoms with Crippen molar-refractivity contribution in [1.29, 1.82) is 0 Å². The van der Waals surface area contributed by atoms with E-state index >= 15 is 0 Å². The van der Waals surface area contributed by atoms with Gasteiger partial charge in [-0.2, -0.15) is 4.39 Å². The number of aromatic nitrogens is 3. The Balaban J connectivity index is 1.68. The molecule has 3 aromatic heterocycles. The van der Waals surface area contributed by atoms with Crippen molar-refractivity contribution in [3.05, 3.63) is 78.4 Å². The number of hydrogen-bond acceptors (Lipinski definition) is 3. The number of benzene rings is 1. The molecule has 0 unspecified atom stereocenters. The van der Waals surface area contributed by atoms with E-state index in [9.17, 15) is 13.9 Å². The molecule has 4 rings (SSSR count). The van der Waals surface area contributed by atoms with E-state index in [0.29, 0.717) is 27.6 Å². The van der Waals surface area contributed by atoms with Crippen molar-refractivity contribution in [2.24, 2.45) is 0 Å². The summed E-state index contributed by atoms with van der Waals surface area (Å²) in [5, 5.41) is 10.9. The highest BCUT2D eigenvalue weighted by Crippen LogP contribution is 2.28. The molecule has 1 aromatic carbocycles. The van der Waals surface area contributed by atoms with Crippen LogP contribution in [0.2, 0.25) is 0 Å². The van der Waals surface area contributed by atoms with E-state index in [1.807, 2.05) is 0 Å². The SMILES string of the molecule is Oc1c2cccnc2cn1Cc1ccc(-c2ccnc(F)c2)cc1F. The average Bonchev–Trinajstić information content (AvgIpc) is 2.93. The van der Waals surface area contributed by atoms with Gasteiger partial charge in [0.25, 0.3) is 0 Å². The fraction of sp³-hybridized carbons (Fsp3) is 0.0526. The Morgan fingerprint density at radius 3 is 2.56 bits per heavy atom. The summed E-state index contributed by atoms with van der Waals surface area (Å²) in [6.45, 7) is 0.166. The van der Waals surface area contributed by atoms with E-state index in [-0.39, 0.29) is 12.4 Å². The Morgan fingerprint density at radius 1 is 0.960 bits per heavy atom. The van der Waals surface area contributed by atoms with Crippen LogP contribution in [0.1, 0.15) is 5.56 Å². The Morgan fingerprint density at radius 2 is 1.80 bits per heavy atom. The summed E-state index contributed by atoms with van der Waals surface area (Å²) in [4.78, 5) is 7.67. The molecule has 6 heteroatoms. The number of pyridine rings is 2. The van der Waals surface area contributed by atoms with Crippen LogP contribution in [0.15, 0.2) is 61.1 Å². The summed E-state index contributed by atoms with van der Waals surface area (Å²) in [7, 11) is 0. The van der Waals surface area contributed by atoms with Gasteiger partial charge in [-0.3, -0.25) is 4.98 Å². The number of nitrogens with zero attached hydrogens (tertiary/aromatic N) is 3. The van der Waals surface area contributed by atoms with Crippen LogP contribution < -0.4 is 0 Å². The summed E-state index contributed by atoms with van der Waals surface area (Å²) >= 11 is 0. The largest absolute Gasteiger partial charge is 0.494 e. The summed E-state index contributed by atoms with van der Waals surface area (Å²) < 4.78 is 29.3. The Hall–Kier alpha value is -3.28. The van der Waals surface area contributed by atoms with Crippen LogP contribution in [-0.4, -0.2) is 19.6 Å². The van der Waals surface area contributed by atoms with Crippen LogP contribution in [-0.2, 0) is 6.54 Å². The maximum absolute atomic E-state index is 14.5. The van der Waals surface area contributed by atoms with E-state index in [1.54, 1.807) is 47.3 Å². The summed E-state index contributed by atoms with van der Waals surface area (Å²) in [5.41, 5.74) is 2.17. The minimum absolute atomic E-state index is 0.0442. The highest BCUT2D eigenvalue weighted by Gasteiger charge is 2.12. The van der Waals surface area contributed by atoms with Gasteiger partial charge in [0.15, 0.2) is 0 Å². The number of halogens is 2. The van der Waals surface area contributed by atoms with Gasteiger partial charge < -0.3 is 9.67 Å². The number of aromatic hydroxyl groups is 1. The van der Waals surface area contributed by atoms with Crippen molar-refractivity contribution < 1.29 is 13.9 Å². The predicted octanol–water partition coefficient (Wildman–Crippen LogP) is 4.13. The quantitative estimate of drug-likeness (QED) is 0.572. The lowest BCUT2D eigenvalue weighted by molar-refractivity contribution is 0.428. The first-order valence-corrected chi connectivity index (χ1v) is 7.65. The standard InChI is InChI=1S/C19H13F2N3O/c20-16-8-12(13-5-7-23-18(21)9-13)3-4-14(16)10-24-11-17-15(19(24)25)2-1-6-22-17/h1-9,11,25H,10H2. The lowest BCUT2D eigenvalue weighted by Gasteiger charge is -2.08. The average molecular weight is 337 g/mol. The molecule has 0 spiro atoms. The fourth-order valence-electron chi connectivity index (χ4n) is 2.81. The van der Waals surface area contributed by atoms with E-state index in [4.69, 9.17) is 0 Å². The second-order valence-corrected chi connectivity index (χ2v) is 5.69. The van der Waals surface area contributed by atoms with Gasteiger partial charge in [-0.05, 0) is 35.4 Å². The van der Waals surface area contributed by atoms with E-state index in [1.165, 1.54) is 18.3 Å². The van der Waals surface area contributed by atoms with Gasteiger partial charge in [-0.25, -0.2) is 9.37 Å². The zero-order valence-electron chi connectivity index (χ0n) is 13.0. The second-order valence-electron chi connectivity index (χ2n) is 5.69. The molecule has 0 amide bonds. The van der Waals surface area contributed by atoms with Gasteiger partial charge in [-0.1, -0.05) is 12.1 Å². The molecule has 3 heterocycles. The maximum atomic E-state index is 14.5. The highest BCUT2D eigenvalue weighted by molar-refractivity contribution is 5.84. The first-order valence-electron chi connectivity index (χ1n) is 7.65. The van der Waals surface area contributed by atoms with Crippen molar-refractivity contribution >= 4 is 10.9 Å². The molecule has 25 heavy (non-hydrogen) atoms. The van der Waals surface area contributed by atoms with Crippen molar-refractivity contribution in [3.63, 3.8) is 0 Å². The van der Waals surface area contributed by atoms with Gasteiger partial charge in [0.2, 0.25) is 11.8 Å². The lowest BCUT2D eigenvalue weighted by Crippen LogP contribution is -2.00. The molecule has 0 bridgehead atoms. The topological polar surface area (TPSA) is 50.9 Å². The Labute approximate surface area is 142 Å². The molecule has 4 aromatic rings. The van der Waals surface area contributed by atoms with E-state index < -0.39 is 11.8 Å². The van der Waals surface area contributed by atoms with Crippen molar-refractivity contribution in [1.82, 2.24) is 14.5 Å². The van der Waals surface area contributed by atoms with Crippen LogP contribution in [0.5, 0.6) is 5.88 Å². The van der Waals surface area contributed by atoms with Crippen LogP contribution >= 0.6 is 0 Å². The minimum Gasteiger partial charge on any atom is -0.494 e. The predicted molar refractivity (Wildman–Crippen MR) is 90.1 cm³/mol. The van der Waals surface area contributed by atoms with Crippen LogP contribution in [0.3, 0.4) is 0 Å². The zero-order chi connectivity index (χ0) is 17.4. The lowest BCUT2D eigenvalue weighted by atomic mass is 10.0. The molecule has 1 N–H and O–H groups in total. The second kappa shape index (κ2) is 5.98. The first kappa shape index (κ1) is 15.3. The minimum atomic E-state index is -0.613. The number of fused-ring (bicyclic) bond motifs is 1. The molecule has 0 atom stereocenters. The van der Waals surface area contributed by atoms with Crippen molar-refractivity contribution in [2.75, 3.05) is 0 Å². The number of hydrogen-bond donors (Lipinski definition) is 1. The molecule has 0 radical (unpaired) electrons. The summed E-state index contributed by atoms with van der Waals surface area (Å²) in [5.74, 6) is -0.999. The monoisotopic (exact) mass is 337 g/mol. The maximum Gasteiger partial charge on any atom is 0.213 e. The highest BCUT2D eigenvalue weighted by atomic mass is 19.1. The van der Waals surface area contributed by atoms with Crippen LogP contribution in [0, 0.1) is 11.8 Å². The molecule has 0 aliphatic rings. The Kier molecular flexibility index (Phi) is 3.65. The molecule has 0 fully saturated rings. The van der Waals surface area contributed by atoms with Gasteiger partial charge in [0.05, 0.1) is 17.4 Å². The normalized spacial score (nSPS) is 11.1. The number of rotatable bonds is 3. The summed E-state index contributed by atoms with van der Waals surface area (Å²) in [6.07, 6.45) is 4.65. The Bertz CT molecular complexity index is 1080. The third-order valence-electron chi connectivity index (χ3n) is 4.08.